The third-order valence-corrected chi connectivity index (χ3v) is 2.98. The van der Waals surface area contributed by atoms with Crippen LogP contribution in [0.15, 0.2) is 48.5 Å². The van der Waals surface area contributed by atoms with Gasteiger partial charge in [0.2, 0.25) is 0 Å². The van der Waals surface area contributed by atoms with Gasteiger partial charge in [-0.2, -0.15) is 0 Å². The van der Waals surface area contributed by atoms with Crippen LogP contribution in [0.5, 0.6) is 0 Å². The second-order valence-electron chi connectivity index (χ2n) is 4.72. The fraction of sp³-hybridized carbons (Fsp3) is 0.250. The van der Waals surface area contributed by atoms with Crippen LogP contribution in [0.2, 0.25) is 0 Å². The first kappa shape index (κ1) is 11.7. The van der Waals surface area contributed by atoms with Crippen LogP contribution >= 0.6 is 0 Å². The average Bonchev–Trinajstić information content (AvgIpc) is 2.33. The Labute approximate surface area is 104 Å². The molecule has 0 aliphatic rings. The Morgan fingerprint density at radius 3 is 1.71 bits per heavy atom. The maximum atomic E-state index is 2.20. The van der Waals surface area contributed by atoms with Crippen molar-refractivity contribution in [3.8, 4) is 0 Å². The normalized spacial score (nSPS) is 10.3. The minimum Gasteiger partial charge on any atom is -0.378 e. The molecule has 2 aromatic rings. The molecule has 0 radical (unpaired) electrons. The van der Waals surface area contributed by atoms with E-state index in [1.165, 1.54) is 22.4 Å². The van der Waals surface area contributed by atoms with Crippen molar-refractivity contribution < 1.29 is 0 Å². The van der Waals surface area contributed by atoms with Crippen molar-refractivity contribution in [1.29, 1.82) is 0 Å². The van der Waals surface area contributed by atoms with Gasteiger partial charge in [0.25, 0.3) is 0 Å². The molecule has 1 heteroatoms. The molecule has 0 fully saturated rings. The zero-order chi connectivity index (χ0) is 12.3. The van der Waals surface area contributed by atoms with Crippen LogP contribution in [-0.4, -0.2) is 14.1 Å². The Hall–Kier alpha value is -1.76. The highest BCUT2D eigenvalue weighted by molar-refractivity contribution is 5.46. The van der Waals surface area contributed by atoms with Crippen LogP contribution in [0.1, 0.15) is 16.7 Å². The van der Waals surface area contributed by atoms with Crippen LogP contribution < -0.4 is 4.90 Å². The van der Waals surface area contributed by atoms with E-state index < -0.39 is 0 Å². The molecule has 0 unspecified atom stereocenters. The first-order chi connectivity index (χ1) is 8.15. The highest BCUT2D eigenvalue weighted by Crippen LogP contribution is 2.15. The van der Waals surface area contributed by atoms with Gasteiger partial charge in [-0.1, -0.05) is 42.0 Å². The molecule has 1 nitrogen and oxygen atoms in total. The van der Waals surface area contributed by atoms with Crippen LogP contribution in [0.3, 0.4) is 0 Å². The van der Waals surface area contributed by atoms with Crippen LogP contribution in [-0.2, 0) is 6.42 Å². The summed E-state index contributed by atoms with van der Waals surface area (Å²) in [5, 5.41) is 0. The molecule has 0 atom stereocenters. The summed E-state index contributed by atoms with van der Waals surface area (Å²) < 4.78 is 0. The van der Waals surface area contributed by atoms with Crippen molar-refractivity contribution in [3.05, 3.63) is 65.2 Å². The lowest BCUT2D eigenvalue weighted by Gasteiger charge is -2.12. The zero-order valence-electron chi connectivity index (χ0n) is 10.8. The van der Waals surface area contributed by atoms with Crippen molar-refractivity contribution in [2.75, 3.05) is 19.0 Å². The number of nitrogens with zero attached hydrogens (tertiary/aromatic N) is 1. The van der Waals surface area contributed by atoms with E-state index in [1.807, 2.05) is 0 Å². The van der Waals surface area contributed by atoms with E-state index in [0.717, 1.165) is 6.42 Å². The molecule has 0 saturated carbocycles. The summed E-state index contributed by atoms with van der Waals surface area (Å²) in [6.45, 7) is 2.12. The predicted molar refractivity (Wildman–Crippen MR) is 74.8 cm³/mol. The van der Waals surface area contributed by atoms with E-state index in [4.69, 9.17) is 0 Å². The summed E-state index contributed by atoms with van der Waals surface area (Å²) in [7, 11) is 4.13. The van der Waals surface area contributed by atoms with Gasteiger partial charge in [0.1, 0.15) is 0 Å². The summed E-state index contributed by atoms with van der Waals surface area (Å²) in [6, 6.07) is 17.5. The van der Waals surface area contributed by atoms with Crippen molar-refractivity contribution in [2.24, 2.45) is 0 Å². The van der Waals surface area contributed by atoms with Crippen molar-refractivity contribution in [2.45, 2.75) is 13.3 Å². The molecule has 0 saturated heterocycles. The van der Waals surface area contributed by atoms with Crippen LogP contribution in [0.25, 0.3) is 0 Å². The molecule has 2 aromatic carbocycles. The second kappa shape index (κ2) is 5.05. The number of rotatable bonds is 3. The Balaban J connectivity index is 2.11. The number of hydrogen-bond donors (Lipinski definition) is 0. The molecule has 0 aromatic heterocycles. The molecule has 88 valence electrons. The largest absolute Gasteiger partial charge is 0.378 e. The monoisotopic (exact) mass is 225 g/mol. The molecule has 2 rings (SSSR count). The number of aryl methyl sites for hydroxylation is 1. The van der Waals surface area contributed by atoms with Crippen molar-refractivity contribution >= 4 is 5.69 Å². The van der Waals surface area contributed by atoms with E-state index in [2.05, 4.69) is 74.4 Å². The van der Waals surface area contributed by atoms with Gasteiger partial charge in [-0.25, -0.2) is 0 Å². The molecule has 0 bridgehead atoms. The van der Waals surface area contributed by atoms with Gasteiger partial charge in [0, 0.05) is 19.8 Å². The molecule has 0 amide bonds. The fourth-order valence-corrected chi connectivity index (χ4v) is 1.85. The lowest BCUT2D eigenvalue weighted by Crippen LogP contribution is -2.08. The Kier molecular flexibility index (Phi) is 3.48. The highest BCUT2D eigenvalue weighted by atomic mass is 15.1. The minimum absolute atomic E-state index is 1.01. The average molecular weight is 225 g/mol. The maximum absolute atomic E-state index is 2.20. The molecular weight excluding hydrogens is 206 g/mol. The Morgan fingerprint density at radius 1 is 0.765 bits per heavy atom. The Bertz CT molecular complexity index is 466. The molecule has 0 heterocycles. The zero-order valence-corrected chi connectivity index (χ0v) is 10.8. The van der Waals surface area contributed by atoms with Gasteiger partial charge in [-0.05, 0) is 36.6 Å². The van der Waals surface area contributed by atoms with Gasteiger partial charge in [-0.3, -0.25) is 0 Å². The fourth-order valence-electron chi connectivity index (χ4n) is 1.85. The SMILES string of the molecule is Cc1ccc(Cc2ccc(N(C)C)cc2)cc1. The molecule has 17 heavy (non-hydrogen) atoms. The summed E-state index contributed by atoms with van der Waals surface area (Å²) in [4.78, 5) is 2.12. The lowest BCUT2D eigenvalue weighted by molar-refractivity contribution is 1.12. The smallest absolute Gasteiger partial charge is 0.0361 e. The van der Waals surface area contributed by atoms with E-state index in [9.17, 15) is 0 Å². The van der Waals surface area contributed by atoms with E-state index in [0.29, 0.717) is 0 Å². The van der Waals surface area contributed by atoms with Gasteiger partial charge in [0.15, 0.2) is 0 Å². The predicted octanol–water partition coefficient (Wildman–Crippen LogP) is 3.65. The lowest BCUT2D eigenvalue weighted by atomic mass is 10.0. The summed E-state index contributed by atoms with van der Waals surface area (Å²) in [6.07, 6.45) is 1.01. The maximum Gasteiger partial charge on any atom is 0.0361 e. The van der Waals surface area contributed by atoms with Gasteiger partial charge in [0.05, 0.1) is 0 Å². The van der Waals surface area contributed by atoms with Crippen molar-refractivity contribution in [1.82, 2.24) is 0 Å². The highest BCUT2D eigenvalue weighted by Gasteiger charge is 1.98. The van der Waals surface area contributed by atoms with E-state index in [-0.39, 0.29) is 0 Å². The topological polar surface area (TPSA) is 3.24 Å². The third-order valence-electron chi connectivity index (χ3n) is 2.98. The standard InChI is InChI=1S/C16H19N/c1-13-4-6-14(7-5-13)12-15-8-10-16(11-9-15)17(2)3/h4-11H,12H2,1-3H3. The quantitative estimate of drug-likeness (QED) is 0.770. The van der Waals surface area contributed by atoms with Crippen LogP contribution in [0.4, 0.5) is 5.69 Å². The van der Waals surface area contributed by atoms with Crippen LogP contribution in [0, 0.1) is 6.92 Å². The number of anilines is 1. The second-order valence-corrected chi connectivity index (χ2v) is 4.72. The van der Waals surface area contributed by atoms with Gasteiger partial charge >= 0.3 is 0 Å². The van der Waals surface area contributed by atoms with E-state index in [1.54, 1.807) is 0 Å². The van der Waals surface area contributed by atoms with Gasteiger partial charge < -0.3 is 4.90 Å². The molecule has 0 aliphatic carbocycles. The van der Waals surface area contributed by atoms with E-state index >= 15 is 0 Å². The minimum atomic E-state index is 1.01. The summed E-state index contributed by atoms with van der Waals surface area (Å²) in [5.74, 6) is 0. The molecule has 0 aliphatic heterocycles. The molecule has 0 spiro atoms. The first-order valence-corrected chi connectivity index (χ1v) is 5.97. The van der Waals surface area contributed by atoms with Gasteiger partial charge in [-0.15, -0.1) is 0 Å². The molecule has 0 N–H and O–H groups in total. The first-order valence-electron chi connectivity index (χ1n) is 5.97. The van der Waals surface area contributed by atoms with Crippen molar-refractivity contribution in [3.63, 3.8) is 0 Å². The Morgan fingerprint density at radius 2 is 1.24 bits per heavy atom. The summed E-state index contributed by atoms with van der Waals surface area (Å²) >= 11 is 0. The number of benzene rings is 2. The number of hydrogen-bond acceptors (Lipinski definition) is 1. The summed E-state index contributed by atoms with van der Waals surface area (Å²) in [5.41, 5.74) is 5.29. The molecular formula is C16H19N. The third kappa shape index (κ3) is 3.10.